The fraction of sp³-hybridized carbons (Fsp3) is 0.235. The van der Waals surface area contributed by atoms with Gasteiger partial charge >= 0.3 is 0 Å². The maximum atomic E-state index is 11.4. The van der Waals surface area contributed by atoms with Gasteiger partial charge in [-0.3, -0.25) is 4.99 Å². The Hall–Kier alpha value is -2.13. The minimum Gasteiger partial charge on any atom is -0.373 e. The Morgan fingerprint density at radius 2 is 1.75 bits per heavy atom. The van der Waals surface area contributed by atoms with E-state index in [1.54, 1.807) is 0 Å². The number of hydrogen-bond donors (Lipinski definition) is 1. The first kappa shape index (κ1) is 11.7. The van der Waals surface area contributed by atoms with Gasteiger partial charge in [0.25, 0.3) is 0 Å². The van der Waals surface area contributed by atoms with E-state index in [1.807, 2.05) is 48.5 Å². The summed E-state index contributed by atoms with van der Waals surface area (Å²) in [5.74, 6) is 0.774. The number of hydrogen-bond acceptors (Lipinski definition) is 3. The van der Waals surface area contributed by atoms with Crippen LogP contribution in [-0.4, -0.2) is 24.0 Å². The molecule has 0 fully saturated rings. The van der Waals surface area contributed by atoms with E-state index < -0.39 is 5.60 Å². The average molecular weight is 264 g/mol. The smallest absolute Gasteiger partial charge is 0.174 e. The molecule has 3 heteroatoms. The molecule has 2 aromatic carbocycles. The summed E-state index contributed by atoms with van der Waals surface area (Å²) in [4.78, 5) is 6.79. The van der Waals surface area contributed by atoms with Gasteiger partial charge in [0.1, 0.15) is 5.84 Å². The van der Waals surface area contributed by atoms with Crippen molar-refractivity contribution in [3.63, 3.8) is 0 Å². The molecule has 0 amide bonds. The van der Waals surface area contributed by atoms with Crippen molar-refractivity contribution < 1.29 is 5.11 Å². The zero-order valence-corrected chi connectivity index (χ0v) is 11.2. The van der Waals surface area contributed by atoms with Crippen LogP contribution in [0.2, 0.25) is 0 Å². The van der Waals surface area contributed by atoms with Crippen molar-refractivity contribution in [2.24, 2.45) is 4.99 Å². The van der Waals surface area contributed by atoms with Gasteiger partial charge in [-0.25, -0.2) is 0 Å². The number of benzene rings is 2. The molecule has 2 aliphatic heterocycles. The molecule has 0 bridgehead atoms. The number of aliphatic imine (C=N–C) groups is 1. The molecule has 4 rings (SSSR count). The molecule has 0 radical (unpaired) electrons. The molecule has 0 saturated carbocycles. The molecule has 1 unspecified atom stereocenters. The first-order valence-electron chi connectivity index (χ1n) is 7.01. The zero-order chi connectivity index (χ0) is 13.6. The highest BCUT2D eigenvalue weighted by Crippen LogP contribution is 2.45. The van der Waals surface area contributed by atoms with Crippen LogP contribution in [0.15, 0.2) is 59.6 Å². The second-order valence-corrected chi connectivity index (χ2v) is 5.30. The number of fused-ring (bicyclic) bond motifs is 3. The van der Waals surface area contributed by atoms with E-state index in [4.69, 9.17) is 0 Å². The monoisotopic (exact) mass is 264 g/mol. The fourth-order valence-corrected chi connectivity index (χ4v) is 3.25. The lowest BCUT2D eigenvalue weighted by Crippen LogP contribution is -2.44. The second-order valence-electron chi connectivity index (χ2n) is 5.30. The van der Waals surface area contributed by atoms with E-state index >= 15 is 0 Å². The van der Waals surface area contributed by atoms with Crippen molar-refractivity contribution in [3.05, 3.63) is 65.7 Å². The largest absolute Gasteiger partial charge is 0.373 e. The quantitative estimate of drug-likeness (QED) is 0.859. The van der Waals surface area contributed by atoms with Crippen molar-refractivity contribution in [1.29, 1.82) is 0 Å². The summed E-state index contributed by atoms with van der Waals surface area (Å²) in [5.41, 5.74) is 1.79. The van der Waals surface area contributed by atoms with Crippen molar-refractivity contribution in [1.82, 2.24) is 0 Å². The third-order valence-electron chi connectivity index (χ3n) is 4.16. The highest BCUT2D eigenvalue weighted by atomic mass is 16.3. The third kappa shape index (κ3) is 1.41. The molecule has 2 aromatic rings. The lowest BCUT2D eigenvalue weighted by Gasteiger charge is -2.30. The molecule has 2 aliphatic rings. The Labute approximate surface area is 118 Å². The van der Waals surface area contributed by atoms with Crippen LogP contribution in [0.1, 0.15) is 17.5 Å². The zero-order valence-electron chi connectivity index (χ0n) is 11.2. The number of anilines is 1. The van der Waals surface area contributed by atoms with Crippen LogP contribution in [0.4, 0.5) is 5.69 Å². The minimum absolute atomic E-state index is 0.774. The summed E-state index contributed by atoms with van der Waals surface area (Å²) in [6, 6.07) is 17.9. The maximum absolute atomic E-state index is 11.4. The number of amidine groups is 1. The fourth-order valence-electron chi connectivity index (χ4n) is 3.25. The van der Waals surface area contributed by atoms with Crippen LogP contribution < -0.4 is 4.90 Å². The number of para-hydroxylation sites is 1. The summed E-state index contributed by atoms with van der Waals surface area (Å²) in [6.07, 6.45) is 1.03. The molecule has 3 nitrogen and oxygen atoms in total. The summed E-state index contributed by atoms with van der Waals surface area (Å²) >= 11 is 0. The molecule has 20 heavy (non-hydrogen) atoms. The van der Waals surface area contributed by atoms with Gasteiger partial charge in [0.2, 0.25) is 0 Å². The second kappa shape index (κ2) is 4.18. The van der Waals surface area contributed by atoms with Gasteiger partial charge in [-0.05, 0) is 18.1 Å². The van der Waals surface area contributed by atoms with Gasteiger partial charge in [0.15, 0.2) is 5.60 Å². The Bertz CT molecular complexity index is 680. The van der Waals surface area contributed by atoms with Crippen LogP contribution in [-0.2, 0) is 5.60 Å². The van der Waals surface area contributed by atoms with Gasteiger partial charge in [-0.2, -0.15) is 0 Å². The van der Waals surface area contributed by atoms with Crippen LogP contribution >= 0.6 is 0 Å². The Morgan fingerprint density at radius 1 is 1.00 bits per heavy atom. The SMILES string of the molecule is OC1(c2ccccc2)C2=NCCCN2c2ccccc21. The molecule has 0 aliphatic carbocycles. The minimum atomic E-state index is -1.11. The first-order chi connectivity index (χ1) is 9.82. The average Bonchev–Trinajstić information content (AvgIpc) is 2.80. The van der Waals surface area contributed by atoms with Gasteiger partial charge in [0.05, 0.1) is 0 Å². The number of rotatable bonds is 1. The summed E-state index contributed by atoms with van der Waals surface area (Å²) in [5, 5.41) is 11.4. The van der Waals surface area contributed by atoms with Crippen LogP contribution in [0.5, 0.6) is 0 Å². The predicted octanol–water partition coefficient (Wildman–Crippen LogP) is 2.54. The summed E-state index contributed by atoms with van der Waals surface area (Å²) in [7, 11) is 0. The molecule has 0 saturated heterocycles. The molecule has 0 aromatic heterocycles. The Morgan fingerprint density at radius 3 is 2.60 bits per heavy atom. The molecule has 2 heterocycles. The first-order valence-corrected chi connectivity index (χ1v) is 7.01. The molecule has 0 spiro atoms. The van der Waals surface area contributed by atoms with Crippen molar-refractivity contribution in [3.8, 4) is 0 Å². The standard InChI is InChI=1S/C17H16N2O/c20-17(13-7-2-1-3-8-13)14-9-4-5-10-15(14)19-12-6-11-18-16(17)19/h1-5,7-10,20H,6,11-12H2. The van der Waals surface area contributed by atoms with E-state index in [2.05, 4.69) is 16.0 Å². The maximum Gasteiger partial charge on any atom is 0.174 e. The predicted molar refractivity (Wildman–Crippen MR) is 80.1 cm³/mol. The van der Waals surface area contributed by atoms with Crippen molar-refractivity contribution in [2.45, 2.75) is 12.0 Å². The van der Waals surface area contributed by atoms with E-state index in [9.17, 15) is 5.11 Å². The van der Waals surface area contributed by atoms with Gasteiger partial charge in [-0.1, -0.05) is 48.5 Å². The van der Waals surface area contributed by atoms with E-state index in [-0.39, 0.29) is 0 Å². The topological polar surface area (TPSA) is 35.8 Å². The normalized spacial score (nSPS) is 24.1. The Kier molecular flexibility index (Phi) is 2.44. The lowest BCUT2D eigenvalue weighted by atomic mass is 9.87. The highest BCUT2D eigenvalue weighted by Gasteiger charge is 2.49. The third-order valence-corrected chi connectivity index (χ3v) is 4.16. The number of nitrogens with zero attached hydrogens (tertiary/aromatic N) is 2. The van der Waals surface area contributed by atoms with Crippen LogP contribution in [0.25, 0.3) is 0 Å². The molecule has 100 valence electrons. The highest BCUT2D eigenvalue weighted by molar-refractivity contribution is 6.12. The number of aliphatic hydroxyl groups is 1. The van der Waals surface area contributed by atoms with Crippen LogP contribution in [0.3, 0.4) is 0 Å². The Balaban J connectivity index is 2.00. The van der Waals surface area contributed by atoms with Gasteiger partial charge < -0.3 is 10.0 Å². The summed E-state index contributed by atoms with van der Waals surface area (Å²) < 4.78 is 0. The molecular weight excluding hydrogens is 248 g/mol. The molecular formula is C17H16N2O. The van der Waals surface area contributed by atoms with Gasteiger partial charge in [-0.15, -0.1) is 0 Å². The van der Waals surface area contributed by atoms with Crippen LogP contribution in [0, 0.1) is 0 Å². The molecule has 1 N–H and O–H groups in total. The van der Waals surface area contributed by atoms with E-state index in [1.165, 1.54) is 0 Å². The lowest BCUT2D eigenvalue weighted by molar-refractivity contribution is 0.158. The van der Waals surface area contributed by atoms with Crippen molar-refractivity contribution >= 4 is 11.5 Å². The van der Waals surface area contributed by atoms with Gasteiger partial charge in [0, 0.05) is 24.3 Å². The van der Waals surface area contributed by atoms with E-state index in [0.717, 1.165) is 42.2 Å². The molecule has 1 atom stereocenters. The summed E-state index contributed by atoms with van der Waals surface area (Å²) in [6.45, 7) is 1.71. The van der Waals surface area contributed by atoms with Crippen molar-refractivity contribution in [2.75, 3.05) is 18.0 Å². The van der Waals surface area contributed by atoms with E-state index in [0.29, 0.717) is 0 Å².